The fourth-order valence-corrected chi connectivity index (χ4v) is 2.79. The van der Waals surface area contributed by atoms with Gasteiger partial charge in [-0.05, 0) is 52.5 Å². The van der Waals surface area contributed by atoms with Gasteiger partial charge < -0.3 is 14.6 Å². The van der Waals surface area contributed by atoms with Gasteiger partial charge in [0.1, 0.15) is 5.76 Å². The molecule has 19 heavy (non-hydrogen) atoms. The molecule has 0 saturated carbocycles. The van der Waals surface area contributed by atoms with Crippen LogP contribution in [0.2, 0.25) is 0 Å². The number of rotatable bonds is 6. The van der Waals surface area contributed by atoms with Crippen molar-refractivity contribution in [2.45, 2.75) is 38.4 Å². The molecule has 1 aliphatic heterocycles. The Labute approximate surface area is 116 Å². The van der Waals surface area contributed by atoms with Gasteiger partial charge in [-0.1, -0.05) is 0 Å². The van der Waals surface area contributed by atoms with Crippen LogP contribution in [0.3, 0.4) is 0 Å². The summed E-state index contributed by atoms with van der Waals surface area (Å²) in [5, 5.41) is 3.47. The second kappa shape index (κ2) is 7.08. The summed E-state index contributed by atoms with van der Waals surface area (Å²) in [4.78, 5) is 4.96. The summed E-state index contributed by atoms with van der Waals surface area (Å²) in [7, 11) is 4.48. The summed E-state index contributed by atoms with van der Waals surface area (Å²) < 4.78 is 5.32. The number of likely N-dealkylation sites (N-methyl/N-ethyl adjacent to an activating group) is 2. The normalized spacial score (nSPS) is 22.8. The van der Waals surface area contributed by atoms with Crippen LogP contribution >= 0.6 is 0 Å². The predicted molar refractivity (Wildman–Crippen MR) is 78.2 cm³/mol. The van der Waals surface area contributed by atoms with E-state index in [4.69, 9.17) is 4.42 Å². The molecule has 0 radical (unpaired) electrons. The summed E-state index contributed by atoms with van der Waals surface area (Å²) in [5.74, 6) is 1.01. The molecule has 0 aliphatic carbocycles. The highest BCUT2D eigenvalue weighted by atomic mass is 16.3. The second-order valence-electron chi connectivity index (χ2n) is 5.78. The van der Waals surface area contributed by atoms with E-state index in [1.165, 1.54) is 25.9 Å². The van der Waals surface area contributed by atoms with Gasteiger partial charge in [-0.25, -0.2) is 0 Å². The first-order chi connectivity index (χ1) is 9.16. The van der Waals surface area contributed by atoms with E-state index in [1.807, 2.05) is 12.1 Å². The van der Waals surface area contributed by atoms with Crippen molar-refractivity contribution in [3.8, 4) is 0 Å². The predicted octanol–water partition coefficient (Wildman–Crippen LogP) is 1.78. The summed E-state index contributed by atoms with van der Waals surface area (Å²) in [6.07, 6.45) is 4.37. The number of piperidine rings is 1. The monoisotopic (exact) mass is 265 g/mol. The first-order valence-corrected chi connectivity index (χ1v) is 7.30. The van der Waals surface area contributed by atoms with Crippen molar-refractivity contribution >= 4 is 0 Å². The fraction of sp³-hybridized carbons (Fsp3) is 0.733. The highest BCUT2D eigenvalue weighted by Crippen LogP contribution is 2.15. The lowest BCUT2D eigenvalue weighted by atomic mass is 10.0. The third-order valence-corrected chi connectivity index (χ3v) is 4.19. The van der Waals surface area contributed by atoms with Crippen LogP contribution in [0, 0.1) is 0 Å². The molecule has 4 nitrogen and oxygen atoms in total. The third-order valence-electron chi connectivity index (χ3n) is 4.19. The zero-order valence-electron chi connectivity index (χ0n) is 12.4. The molecule has 2 heterocycles. The zero-order valence-corrected chi connectivity index (χ0v) is 12.4. The average Bonchev–Trinajstić information content (AvgIpc) is 2.91. The largest absolute Gasteiger partial charge is 0.468 e. The van der Waals surface area contributed by atoms with E-state index >= 15 is 0 Å². The van der Waals surface area contributed by atoms with Gasteiger partial charge in [-0.2, -0.15) is 0 Å². The molecular weight excluding hydrogens is 238 g/mol. The maximum absolute atomic E-state index is 5.32. The lowest BCUT2D eigenvalue weighted by molar-refractivity contribution is 0.104. The molecule has 0 spiro atoms. The molecule has 2 rings (SSSR count). The van der Waals surface area contributed by atoms with Gasteiger partial charge in [-0.15, -0.1) is 0 Å². The van der Waals surface area contributed by atoms with Crippen LogP contribution in [0.1, 0.15) is 25.5 Å². The molecule has 1 aromatic heterocycles. The van der Waals surface area contributed by atoms with Crippen molar-refractivity contribution in [2.75, 3.05) is 33.7 Å². The first kappa shape index (κ1) is 14.6. The number of likely N-dealkylation sites (tertiary alicyclic amines) is 1. The molecule has 2 unspecified atom stereocenters. The smallest absolute Gasteiger partial charge is 0.117 e. The van der Waals surface area contributed by atoms with Gasteiger partial charge in [0.15, 0.2) is 0 Å². The van der Waals surface area contributed by atoms with Gasteiger partial charge in [0, 0.05) is 25.2 Å². The van der Waals surface area contributed by atoms with Crippen molar-refractivity contribution in [1.29, 1.82) is 0 Å². The Morgan fingerprint density at radius 3 is 3.11 bits per heavy atom. The number of hydrogen-bond acceptors (Lipinski definition) is 4. The van der Waals surface area contributed by atoms with Crippen molar-refractivity contribution in [1.82, 2.24) is 15.1 Å². The van der Waals surface area contributed by atoms with Gasteiger partial charge in [0.25, 0.3) is 0 Å². The minimum atomic E-state index is 0.548. The first-order valence-electron chi connectivity index (χ1n) is 7.30. The number of nitrogens with one attached hydrogen (secondary N) is 1. The van der Waals surface area contributed by atoms with Gasteiger partial charge in [0.05, 0.1) is 12.8 Å². The summed E-state index contributed by atoms with van der Waals surface area (Å²) in [6, 6.07) is 5.19. The number of hydrogen-bond donors (Lipinski definition) is 1. The van der Waals surface area contributed by atoms with E-state index in [0.29, 0.717) is 12.1 Å². The van der Waals surface area contributed by atoms with Crippen LogP contribution in [0.4, 0.5) is 0 Å². The van der Waals surface area contributed by atoms with Crippen LogP contribution in [-0.2, 0) is 6.54 Å². The lowest BCUT2D eigenvalue weighted by Crippen LogP contribution is -2.50. The van der Waals surface area contributed by atoms with Crippen molar-refractivity contribution in [3.63, 3.8) is 0 Å². The van der Waals surface area contributed by atoms with E-state index in [1.54, 1.807) is 6.26 Å². The maximum Gasteiger partial charge on any atom is 0.117 e. The van der Waals surface area contributed by atoms with E-state index in [-0.39, 0.29) is 0 Å². The molecule has 0 aromatic carbocycles. The molecule has 1 aliphatic rings. The SMILES string of the molecule is CC(CNCc1ccco1)N(C)C1CCCN(C)C1. The van der Waals surface area contributed by atoms with Gasteiger partial charge in [0.2, 0.25) is 0 Å². The maximum atomic E-state index is 5.32. The van der Waals surface area contributed by atoms with Crippen LogP contribution < -0.4 is 5.32 Å². The van der Waals surface area contributed by atoms with Gasteiger partial charge in [-0.3, -0.25) is 4.90 Å². The van der Waals surface area contributed by atoms with Crippen LogP contribution in [0.5, 0.6) is 0 Å². The summed E-state index contributed by atoms with van der Waals surface area (Å²) in [6.45, 7) is 6.55. The van der Waals surface area contributed by atoms with E-state index in [9.17, 15) is 0 Å². The van der Waals surface area contributed by atoms with E-state index < -0.39 is 0 Å². The minimum absolute atomic E-state index is 0.548. The topological polar surface area (TPSA) is 31.7 Å². The molecule has 4 heteroatoms. The molecule has 108 valence electrons. The molecule has 1 saturated heterocycles. The Morgan fingerprint density at radius 2 is 2.42 bits per heavy atom. The van der Waals surface area contributed by atoms with Crippen molar-refractivity contribution in [3.05, 3.63) is 24.2 Å². The quantitative estimate of drug-likeness (QED) is 0.850. The Bertz CT molecular complexity index is 352. The Kier molecular flexibility index (Phi) is 5.43. The highest BCUT2D eigenvalue weighted by molar-refractivity contribution is 4.97. The molecule has 1 N–H and O–H groups in total. The zero-order chi connectivity index (χ0) is 13.7. The van der Waals surface area contributed by atoms with Crippen LogP contribution in [0.25, 0.3) is 0 Å². The fourth-order valence-electron chi connectivity index (χ4n) is 2.79. The molecule has 0 amide bonds. The second-order valence-corrected chi connectivity index (χ2v) is 5.78. The number of furan rings is 1. The minimum Gasteiger partial charge on any atom is -0.468 e. The van der Waals surface area contributed by atoms with Crippen LogP contribution in [-0.4, -0.2) is 55.6 Å². The Morgan fingerprint density at radius 1 is 1.58 bits per heavy atom. The van der Waals surface area contributed by atoms with E-state index in [2.05, 4.69) is 36.1 Å². The van der Waals surface area contributed by atoms with E-state index in [0.717, 1.165) is 18.8 Å². The third kappa shape index (κ3) is 4.34. The molecule has 0 bridgehead atoms. The van der Waals surface area contributed by atoms with Crippen molar-refractivity contribution < 1.29 is 4.42 Å². The molecular formula is C15H27N3O. The lowest BCUT2D eigenvalue weighted by Gasteiger charge is -2.39. The molecule has 1 aromatic rings. The molecule has 2 atom stereocenters. The molecule has 1 fully saturated rings. The Hall–Kier alpha value is -0.840. The highest BCUT2D eigenvalue weighted by Gasteiger charge is 2.23. The average molecular weight is 265 g/mol. The standard InChI is InChI=1S/C15H27N3O/c1-13(10-16-11-15-7-5-9-19-15)18(3)14-6-4-8-17(2)12-14/h5,7,9,13-14,16H,4,6,8,10-12H2,1-3H3. The summed E-state index contributed by atoms with van der Waals surface area (Å²) in [5.41, 5.74) is 0. The van der Waals surface area contributed by atoms with Crippen LogP contribution in [0.15, 0.2) is 22.8 Å². The number of nitrogens with zero attached hydrogens (tertiary/aromatic N) is 2. The Balaban J connectivity index is 1.71. The van der Waals surface area contributed by atoms with Crippen molar-refractivity contribution in [2.24, 2.45) is 0 Å². The van der Waals surface area contributed by atoms with Gasteiger partial charge >= 0.3 is 0 Å². The summed E-state index contributed by atoms with van der Waals surface area (Å²) >= 11 is 0.